The number of ether oxygens (including phenoxy) is 2. The minimum atomic E-state index is 0.471. The first-order valence-corrected chi connectivity index (χ1v) is 9.48. The number of aliphatic imine (C=N–C) groups is 1. The third-order valence-corrected chi connectivity index (χ3v) is 5.25. The van der Waals surface area contributed by atoms with Crippen molar-refractivity contribution in [2.24, 2.45) is 16.6 Å². The quantitative estimate of drug-likeness (QED) is 0.648. The highest BCUT2D eigenvalue weighted by Crippen LogP contribution is 2.32. The zero-order chi connectivity index (χ0) is 17.1. The van der Waals surface area contributed by atoms with E-state index < -0.39 is 0 Å². The van der Waals surface area contributed by atoms with Crippen LogP contribution in [0.4, 0.5) is 5.69 Å². The van der Waals surface area contributed by atoms with Crippen molar-refractivity contribution in [3.63, 3.8) is 0 Å². The molecule has 1 aromatic rings. The number of anilines is 1. The molecule has 1 saturated carbocycles. The molecular weight excluding hydrogens is 316 g/mol. The Kier molecular flexibility index (Phi) is 4.97. The zero-order valence-electron chi connectivity index (χ0n) is 14.7. The molecule has 25 heavy (non-hydrogen) atoms. The highest BCUT2D eigenvalue weighted by molar-refractivity contribution is 5.92. The van der Waals surface area contributed by atoms with Crippen LogP contribution in [0.15, 0.2) is 23.2 Å². The molecule has 0 bridgehead atoms. The van der Waals surface area contributed by atoms with E-state index >= 15 is 0 Å². The molecule has 0 radical (unpaired) electrons. The third-order valence-electron chi connectivity index (χ3n) is 5.25. The van der Waals surface area contributed by atoms with Crippen LogP contribution in [0.3, 0.4) is 0 Å². The summed E-state index contributed by atoms with van der Waals surface area (Å²) in [6, 6.07) is 6.68. The predicted octanol–water partition coefficient (Wildman–Crippen LogP) is 2.45. The zero-order valence-corrected chi connectivity index (χ0v) is 14.7. The van der Waals surface area contributed by atoms with Crippen molar-refractivity contribution >= 4 is 11.6 Å². The van der Waals surface area contributed by atoms with Crippen LogP contribution >= 0.6 is 0 Å². The van der Waals surface area contributed by atoms with Gasteiger partial charge in [-0.3, -0.25) is 4.99 Å². The second-order valence-electron chi connectivity index (χ2n) is 7.27. The van der Waals surface area contributed by atoms with E-state index in [4.69, 9.17) is 15.2 Å². The van der Waals surface area contributed by atoms with E-state index in [0.29, 0.717) is 25.1 Å². The van der Waals surface area contributed by atoms with E-state index in [1.807, 2.05) is 18.2 Å². The van der Waals surface area contributed by atoms with E-state index in [0.717, 1.165) is 36.2 Å². The standard InChI is InChI=1S/C19H28N4O2/c20-19(21-13-14-6-8-23(9-7-14)16-3-4-16)22-15-2-5-17-18(12-15)25-11-1-10-24-17/h2,5,12,14,16H,1,3-4,6-11,13H2,(H3,20,21,22). The Morgan fingerprint density at radius 1 is 1.12 bits per heavy atom. The predicted molar refractivity (Wildman–Crippen MR) is 99.5 cm³/mol. The molecule has 3 N–H and O–H groups in total. The Balaban J connectivity index is 1.28. The van der Waals surface area contributed by atoms with Crippen molar-refractivity contribution in [2.45, 2.75) is 38.1 Å². The molecule has 0 spiro atoms. The molecular formula is C19H28N4O2. The number of hydrogen-bond acceptors (Lipinski definition) is 4. The van der Waals surface area contributed by atoms with Gasteiger partial charge in [-0.15, -0.1) is 0 Å². The lowest BCUT2D eigenvalue weighted by Gasteiger charge is -2.31. The first-order chi connectivity index (χ1) is 12.3. The average Bonchev–Trinajstić information content (AvgIpc) is 3.47. The minimum Gasteiger partial charge on any atom is -0.490 e. The number of hydrogen-bond donors (Lipinski definition) is 2. The van der Waals surface area contributed by atoms with Crippen molar-refractivity contribution < 1.29 is 9.47 Å². The Morgan fingerprint density at radius 3 is 2.64 bits per heavy atom. The second kappa shape index (κ2) is 7.52. The van der Waals surface area contributed by atoms with E-state index in [1.54, 1.807) is 0 Å². The number of benzene rings is 1. The Bertz CT molecular complexity index is 622. The summed E-state index contributed by atoms with van der Waals surface area (Å²) in [5, 5.41) is 3.17. The molecule has 4 rings (SSSR count). The summed E-state index contributed by atoms with van der Waals surface area (Å²) in [5.74, 6) is 2.68. The van der Waals surface area contributed by atoms with Crippen LogP contribution in [0, 0.1) is 5.92 Å². The molecule has 0 atom stereocenters. The fourth-order valence-corrected chi connectivity index (χ4v) is 3.60. The number of guanidine groups is 1. The Hall–Kier alpha value is -1.95. The van der Waals surface area contributed by atoms with Gasteiger partial charge >= 0.3 is 0 Å². The first kappa shape index (κ1) is 16.5. The van der Waals surface area contributed by atoms with Gasteiger partial charge in [0.25, 0.3) is 0 Å². The van der Waals surface area contributed by atoms with Crippen molar-refractivity contribution in [1.29, 1.82) is 0 Å². The number of nitrogens with zero attached hydrogens (tertiary/aromatic N) is 2. The first-order valence-electron chi connectivity index (χ1n) is 9.48. The second-order valence-corrected chi connectivity index (χ2v) is 7.27. The van der Waals surface area contributed by atoms with Crippen molar-refractivity contribution in [3.05, 3.63) is 18.2 Å². The van der Waals surface area contributed by atoms with Crippen LogP contribution in [-0.4, -0.2) is 49.7 Å². The average molecular weight is 344 g/mol. The molecule has 3 aliphatic rings. The maximum absolute atomic E-state index is 6.07. The molecule has 2 fully saturated rings. The molecule has 1 aromatic carbocycles. The number of likely N-dealkylation sites (tertiary alicyclic amines) is 1. The molecule has 136 valence electrons. The van der Waals surface area contributed by atoms with Gasteiger partial charge in [0.05, 0.1) is 13.2 Å². The maximum Gasteiger partial charge on any atom is 0.193 e. The smallest absolute Gasteiger partial charge is 0.193 e. The summed E-state index contributed by atoms with van der Waals surface area (Å²) in [6.45, 7) is 4.63. The topological polar surface area (TPSA) is 72.1 Å². The third kappa shape index (κ3) is 4.37. The van der Waals surface area contributed by atoms with E-state index in [9.17, 15) is 0 Å². The number of piperidine rings is 1. The van der Waals surface area contributed by atoms with E-state index in [2.05, 4.69) is 15.2 Å². The van der Waals surface area contributed by atoms with Gasteiger partial charge in [0.15, 0.2) is 17.5 Å². The summed E-state index contributed by atoms with van der Waals surface area (Å²) in [4.78, 5) is 7.19. The molecule has 1 aliphatic carbocycles. The monoisotopic (exact) mass is 344 g/mol. The van der Waals surface area contributed by atoms with Gasteiger partial charge in [-0.25, -0.2) is 0 Å². The highest BCUT2D eigenvalue weighted by atomic mass is 16.5. The largest absolute Gasteiger partial charge is 0.490 e. The van der Waals surface area contributed by atoms with Gasteiger partial charge in [-0.1, -0.05) is 0 Å². The fraction of sp³-hybridized carbons (Fsp3) is 0.632. The molecule has 1 saturated heterocycles. The summed E-state index contributed by atoms with van der Waals surface area (Å²) in [5.41, 5.74) is 6.96. The molecule has 2 aliphatic heterocycles. The van der Waals surface area contributed by atoms with E-state index in [-0.39, 0.29) is 0 Å². The number of nitrogens with two attached hydrogens (primary N) is 1. The fourth-order valence-electron chi connectivity index (χ4n) is 3.60. The Labute approximate surface area is 149 Å². The Morgan fingerprint density at radius 2 is 1.88 bits per heavy atom. The van der Waals surface area contributed by atoms with Gasteiger partial charge in [-0.2, -0.15) is 0 Å². The van der Waals surface area contributed by atoms with Crippen LogP contribution in [0.2, 0.25) is 0 Å². The minimum absolute atomic E-state index is 0.471. The van der Waals surface area contributed by atoms with Gasteiger partial charge < -0.3 is 25.4 Å². The molecule has 0 unspecified atom stereocenters. The lowest BCUT2D eigenvalue weighted by molar-refractivity contribution is 0.179. The normalized spacial score (nSPS) is 22.5. The van der Waals surface area contributed by atoms with Crippen LogP contribution in [0.25, 0.3) is 0 Å². The molecule has 0 amide bonds. The summed E-state index contributed by atoms with van der Waals surface area (Å²) in [7, 11) is 0. The van der Waals surface area contributed by atoms with Crippen LogP contribution in [0.5, 0.6) is 11.5 Å². The summed E-state index contributed by atoms with van der Waals surface area (Å²) >= 11 is 0. The van der Waals surface area contributed by atoms with Gasteiger partial charge in [0.2, 0.25) is 0 Å². The lowest BCUT2D eigenvalue weighted by atomic mass is 9.97. The summed E-state index contributed by atoms with van der Waals surface area (Å²) in [6.07, 6.45) is 6.17. The molecule has 6 heteroatoms. The lowest BCUT2D eigenvalue weighted by Crippen LogP contribution is -2.36. The van der Waals surface area contributed by atoms with Crippen molar-refractivity contribution in [3.8, 4) is 11.5 Å². The maximum atomic E-state index is 6.07. The number of rotatable bonds is 4. The summed E-state index contributed by atoms with van der Waals surface area (Å²) < 4.78 is 11.4. The highest BCUT2D eigenvalue weighted by Gasteiger charge is 2.31. The van der Waals surface area contributed by atoms with Gasteiger partial charge in [0, 0.05) is 30.8 Å². The van der Waals surface area contributed by atoms with Gasteiger partial charge in [-0.05, 0) is 56.8 Å². The molecule has 0 aromatic heterocycles. The van der Waals surface area contributed by atoms with E-state index in [1.165, 1.54) is 38.8 Å². The van der Waals surface area contributed by atoms with Crippen LogP contribution in [-0.2, 0) is 0 Å². The molecule has 2 heterocycles. The van der Waals surface area contributed by atoms with Crippen molar-refractivity contribution in [1.82, 2.24) is 4.90 Å². The number of fused-ring (bicyclic) bond motifs is 1. The molecule has 6 nitrogen and oxygen atoms in total. The van der Waals surface area contributed by atoms with Crippen molar-refractivity contribution in [2.75, 3.05) is 38.2 Å². The van der Waals surface area contributed by atoms with Gasteiger partial charge in [0.1, 0.15) is 0 Å². The van der Waals surface area contributed by atoms with Crippen LogP contribution in [0.1, 0.15) is 32.1 Å². The SMILES string of the molecule is NC(=NCC1CCN(C2CC2)CC1)Nc1ccc2c(c1)OCCCO2. The number of nitrogens with one attached hydrogen (secondary N) is 1. The van der Waals surface area contributed by atoms with Crippen LogP contribution < -0.4 is 20.5 Å².